The topological polar surface area (TPSA) is 86.5 Å². The number of hydrogen-bond acceptors (Lipinski definition) is 6. The molecule has 0 aliphatic heterocycles. The first kappa shape index (κ1) is 20.9. The number of nitrogens with one attached hydrogen (secondary N) is 1. The third-order valence-corrected chi connectivity index (χ3v) is 5.26. The number of aromatic nitrogens is 2. The van der Waals surface area contributed by atoms with E-state index in [0.717, 1.165) is 24.2 Å². The second-order valence-corrected chi connectivity index (χ2v) is 7.72. The molecule has 0 unspecified atom stereocenters. The van der Waals surface area contributed by atoms with E-state index in [-0.39, 0.29) is 12.5 Å². The Hall–Kier alpha value is -3.35. The molecule has 31 heavy (non-hydrogen) atoms. The number of carbonyl (C=O) groups excluding carboxylic acids is 1. The SMILES string of the molecule is Cc1nc(COc2ccccc2C(=O)NCc2cccc(OC3CCCCC3)c2)no1. The van der Waals surface area contributed by atoms with Crippen molar-refractivity contribution in [3.8, 4) is 11.5 Å². The van der Waals surface area contributed by atoms with Gasteiger partial charge in [0.05, 0.1) is 11.7 Å². The van der Waals surface area contributed by atoms with Crippen LogP contribution >= 0.6 is 0 Å². The Morgan fingerprint density at radius 1 is 1.13 bits per heavy atom. The number of hydrogen-bond donors (Lipinski definition) is 1. The summed E-state index contributed by atoms with van der Waals surface area (Å²) in [5.74, 6) is 2.02. The lowest BCUT2D eigenvalue weighted by Gasteiger charge is -2.23. The van der Waals surface area contributed by atoms with Crippen LogP contribution in [0.2, 0.25) is 0 Å². The van der Waals surface area contributed by atoms with Gasteiger partial charge in [-0.2, -0.15) is 4.98 Å². The zero-order chi connectivity index (χ0) is 21.5. The van der Waals surface area contributed by atoms with Crippen LogP contribution in [-0.4, -0.2) is 22.2 Å². The van der Waals surface area contributed by atoms with E-state index >= 15 is 0 Å². The number of aryl methyl sites for hydroxylation is 1. The Morgan fingerprint density at radius 3 is 2.77 bits per heavy atom. The van der Waals surface area contributed by atoms with Crippen molar-refractivity contribution in [3.63, 3.8) is 0 Å². The standard InChI is InChI=1S/C24H27N3O4/c1-17-26-23(27-31-17)16-29-22-13-6-5-12-21(22)24(28)25-15-18-8-7-11-20(14-18)30-19-9-3-2-4-10-19/h5-8,11-14,19H,2-4,9-10,15-16H2,1H3,(H,25,28). The van der Waals surface area contributed by atoms with Crippen molar-refractivity contribution in [2.45, 2.75) is 58.3 Å². The van der Waals surface area contributed by atoms with Gasteiger partial charge in [0.1, 0.15) is 11.5 Å². The Morgan fingerprint density at radius 2 is 1.97 bits per heavy atom. The summed E-state index contributed by atoms with van der Waals surface area (Å²) in [6.07, 6.45) is 6.28. The number of nitrogens with zero attached hydrogens (tertiary/aromatic N) is 2. The van der Waals surface area contributed by atoms with Crippen LogP contribution < -0.4 is 14.8 Å². The molecule has 0 atom stereocenters. The first-order valence-corrected chi connectivity index (χ1v) is 10.7. The molecule has 0 radical (unpaired) electrons. The van der Waals surface area contributed by atoms with Crippen LogP contribution in [0.1, 0.15) is 59.7 Å². The Bertz CT molecular complexity index is 1010. The molecule has 4 rings (SSSR count). The van der Waals surface area contributed by atoms with Crippen molar-refractivity contribution < 1.29 is 18.8 Å². The summed E-state index contributed by atoms with van der Waals surface area (Å²) in [6.45, 7) is 2.24. The van der Waals surface area contributed by atoms with Crippen LogP contribution in [0.15, 0.2) is 53.1 Å². The Balaban J connectivity index is 1.35. The first-order valence-electron chi connectivity index (χ1n) is 10.7. The summed E-state index contributed by atoms with van der Waals surface area (Å²) in [5.41, 5.74) is 1.44. The average molecular weight is 421 g/mol. The normalized spacial score (nSPS) is 14.2. The zero-order valence-corrected chi connectivity index (χ0v) is 17.7. The van der Waals surface area contributed by atoms with Gasteiger partial charge in [-0.1, -0.05) is 35.8 Å². The maximum Gasteiger partial charge on any atom is 0.255 e. The number of para-hydroxylation sites is 1. The molecule has 0 spiro atoms. The van der Waals surface area contributed by atoms with Gasteiger partial charge in [-0.15, -0.1) is 0 Å². The zero-order valence-electron chi connectivity index (χ0n) is 17.7. The highest BCUT2D eigenvalue weighted by Crippen LogP contribution is 2.24. The van der Waals surface area contributed by atoms with Crippen molar-refractivity contribution in [2.75, 3.05) is 0 Å². The lowest BCUT2D eigenvalue weighted by Crippen LogP contribution is -2.23. The van der Waals surface area contributed by atoms with Crippen molar-refractivity contribution in [2.24, 2.45) is 0 Å². The lowest BCUT2D eigenvalue weighted by molar-refractivity contribution is 0.0946. The number of rotatable bonds is 8. The molecule has 3 aromatic rings. The van der Waals surface area contributed by atoms with Crippen molar-refractivity contribution in [3.05, 3.63) is 71.4 Å². The van der Waals surface area contributed by atoms with E-state index in [1.54, 1.807) is 25.1 Å². The third kappa shape index (κ3) is 5.84. The highest BCUT2D eigenvalue weighted by Gasteiger charge is 2.16. The fraction of sp³-hybridized carbons (Fsp3) is 0.375. The molecule has 1 fully saturated rings. The van der Waals surface area contributed by atoms with Gasteiger partial charge in [-0.25, -0.2) is 0 Å². The largest absolute Gasteiger partial charge is 0.490 e. The molecule has 162 valence electrons. The lowest BCUT2D eigenvalue weighted by atomic mass is 9.98. The van der Waals surface area contributed by atoms with E-state index in [9.17, 15) is 4.79 Å². The summed E-state index contributed by atoms with van der Waals surface area (Å²) in [6, 6.07) is 15.0. The number of ether oxygens (including phenoxy) is 2. The predicted octanol–water partition coefficient (Wildman–Crippen LogP) is 4.60. The quantitative estimate of drug-likeness (QED) is 0.572. The smallest absolute Gasteiger partial charge is 0.255 e. The summed E-state index contributed by atoms with van der Waals surface area (Å²) >= 11 is 0. The molecule has 1 aliphatic carbocycles. The number of amides is 1. The van der Waals surface area contributed by atoms with Crippen molar-refractivity contribution >= 4 is 5.91 Å². The van der Waals surface area contributed by atoms with Crippen LogP contribution in [0.3, 0.4) is 0 Å². The minimum atomic E-state index is -0.210. The maximum absolute atomic E-state index is 12.8. The molecule has 7 heteroatoms. The highest BCUT2D eigenvalue weighted by atomic mass is 16.5. The van der Waals surface area contributed by atoms with Crippen molar-refractivity contribution in [1.82, 2.24) is 15.5 Å². The van der Waals surface area contributed by atoms with Crippen LogP contribution in [0.25, 0.3) is 0 Å². The molecular formula is C24H27N3O4. The second kappa shape index (κ2) is 10.1. The summed E-state index contributed by atoms with van der Waals surface area (Å²) in [5, 5.41) is 6.77. The molecule has 1 saturated carbocycles. The molecule has 1 aromatic heterocycles. The van der Waals surface area contributed by atoms with E-state index in [4.69, 9.17) is 14.0 Å². The summed E-state index contributed by atoms with van der Waals surface area (Å²) < 4.78 is 16.8. The Kier molecular flexibility index (Phi) is 6.82. The molecule has 0 saturated heterocycles. The van der Waals surface area contributed by atoms with E-state index in [1.807, 2.05) is 30.3 Å². The summed E-state index contributed by atoms with van der Waals surface area (Å²) in [4.78, 5) is 16.9. The summed E-state index contributed by atoms with van der Waals surface area (Å²) in [7, 11) is 0. The highest BCUT2D eigenvalue weighted by molar-refractivity contribution is 5.96. The Labute approximate surface area is 181 Å². The van der Waals surface area contributed by atoms with Gasteiger partial charge >= 0.3 is 0 Å². The van der Waals surface area contributed by atoms with Gasteiger partial charge in [0.15, 0.2) is 6.61 Å². The molecule has 1 N–H and O–H groups in total. The van der Waals surface area contributed by atoms with Crippen LogP contribution in [0.4, 0.5) is 0 Å². The first-order chi connectivity index (χ1) is 15.2. The maximum atomic E-state index is 12.8. The molecule has 1 aliphatic rings. The van der Waals surface area contributed by atoms with Gasteiger partial charge in [-0.3, -0.25) is 4.79 Å². The van der Waals surface area contributed by atoms with E-state index in [1.165, 1.54) is 19.3 Å². The average Bonchev–Trinajstić information content (AvgIpc) is 3.22. The van der Waals surface area contributed by atoms with E-state index in [0.29, 0.717) is 35.7 Å². The monoisotopic (exact) mass is 421 g/mol. The molecule has 7 nitrogen and oxygen atoms in total. The number of benzene rings is 2. The van der Waals surface area contributed by atoms with Gasteiger partial charge in [0, 0.05) is 13.5 Å². The second-order valence-electron chi connectivity index (χ2n) is 7.72. The number of carbonyl (C=O) groups is 1. The molecule has 2 aromatic carbocycles. The fourth-order valence-electron chi connectivity index (χ4n) is 3.70. The minimum absolute atomic E-state index is 0.127. The van der Waals surface area contributed by atoms with Gasteiger partial charge in [0.25, 0.3) is 5.91 Å². The minimum Gasteiger partial charge on any atom is -0.490 e. The van der Waals surface area contributed by atoms with Crippen LogP contribution in [0.5, 0.6) is 11.5 Å². The molecule has 1 amide bonds. The molecule has 1 heterocycles. The van der Waals surface area contributed by atoms with E-state index < -0.39 is 0 Å². The van der Waals surface area contributed by atoms with Crippen molar-refractivity contribution in [1.29, 1.82) is 0 Å². The van der Waals surface area contributed by atoms with E-state index in [2.05, 4.69) is 15.5 Å². The molecular weight excluding hydrogens is 394 g/mol. The fourth-order valence-corrected chi connectivity index (χ4v) is 3.70. The van der Waals surface area contributed by atoms with Crippen LogP contribution in [-0.2, 0) is 13.2 Å². The van der Waals surface area contributed by atoms with Gasteiger partial charge < -0.3 is 19.3 Å². The predicted molar refractivity (Wildman–Crippen MR) is 115 cm³/mol. The van der Waals surface area contributed by atoms with Gasteiger partial charge in [-0.05, 0) is 55.5 Å². The third-order valence-electron chi connectivity index (χ3n) is 5.26. The molecule has 0 bridgehead atoms. The van der Waals surface area contributed by atoms with Crippen LogP contribution in [0, 0.1) is 6.92 Å². The van der Waals surface area contributed by atoms with Gasteiger partial charge in [0.2, 0.25) is 11.7 Å².